The van der Waals surface area contributed by atoms with Crippen LogP contribution in [0.5, 0.6) is 0 Å². The van der Waals surface area contributed by atoms with E-state index >= 15 is 0 Å². The Morgan fingerprint density at radius 2 is 1.70 bits per heavy atom. The number of rotatable bonds is 3. The number of nitrogen functional groups attached to an aromatic ring is 1. The monoisotopic (exact) mass is 288 g/mol. The lowest BCUT2D eigenvalue weighted by molar-refractivity contribution is 0.598. The standard InChI is InChI=1S/C13H12N4O2S/c14-8-9-4-1-2-5-10(9)17-11-6-3-7-12(13(11)15)20(16,18)19/h1-7,17H,15H2,(H2,16,18,19). The van der Waals surface area contributed by atoms with Crippen LogP contribution in [-0.4, -0.2) is 8.42 Å². The third kappa shape index (κ3) is 2.71. The number of para-hydroxylation sites is 2. The summed E-state index contributed by atoms with van der Waals surface area (Å²) in [6, 6.07) is 13.3. The SMILES string of the molecule is N#Cc1ccccc1Nc1cccc(S(N)(=O)=O)c1N. The first-order chi connectivity index (χ1) is 9.43. The molecule has 20 heavy (non-hydrogen) atoms. The average Bonchev–Trinajstić information content (AvgIpc) is 2.40. The van der Waals surface area contributed by atoms with Crippen LogP contribution in [0.25, 0.3) is 0 Å². The maximum absolute atomic E-state index is 11.4. The van der Waals surface area contributed by atoms with Gasteiger partial charge < -0.3 is 11.1 Å². The molecule has 2 rings (SSSR count). The number of nitrogens with two attached hydrogens (primary N) is 2. The van der Waals surface area contributed by atoms with Crippen molar-refractivity contribution in [2.45, 2.75) is 4.90 Å². The van der Waals surface area contributed by atoms with Gasteiger partial charge in [-0.2, -0.15) is 5.26 Å². The highest BCUT2D eigenvalue weighted by molar-refractivity contribution is 7.89. The van der Waals surface area contributed by atoms with E-state index in [-0.39, 0.29) is 10.6 Å². The van der Waals surface area contributed by atoms with E-state index in [0.29, 0.717) is 16.9 Å². The van der Waals surface area contributed by atoms with Gasteiger partial charge in [0.25, 0.3) is 0 Å². The summed E-state index contributed by atoms with van der Waals surface area (Å²) in [6.07, 6.45) is 0. The quantitative estimate of drug-likeness (QED) is 0.739. The molecule has 0 spiro atoms. The summed E-state index contributed by atoms with van der Waals surface area (Å²) >= 11 is 0. The summed E-state index contributed by atoms with van der Waals surface area (Å²) in [5.41, 5.74) is 7.15. The fourth-order valence-electron chi connectivity index (χ4n) is 1.74. The number of benzene rings is 2. The second-order valence-electron chi connectivity index (χ2n) is 4.04. The maximum atomic E-state index is 11.4. The van der Waals surface area contributed by atoms with Crippen molar-refractivity contribution in [1.82, 2.24) is 0 Å². The summed E-state index contributed by atoms with van der Waals surface area (Å²) in [7, 11) is -3.89. The van der Waals surface area contributed by atoms with Crippen LogP contribution in [0.15, 0.2) is 47.4 Å². The zero-order chi connectivity index (χ0) is 14.8. The van der Waals surface area contributed by atoms with Crippen LogP contribution >= 0.6 is 0 Å². The van der Waals surface area contributed by atoms with E-state index in [9.17, 15) is 8.42 Å². The number of nitriles is 1. The molecule has 6 nitrogen and oxygen atoms in total. The smallest absolute Gasteiger partial charge is 0.240 e. The first-order valence-corrected chi connectivity index (χ1v) is 7.15. The Bertz CT molecular complexity index is 794. The van der Waals surface area contributed by atoms with E-state index in [1.165, 1.54) is 12.1 Å². The first-order valence-electron chi connectivity index (χ1n) is 5.61. The zero-order valence-corrected chi connectivity index (χ0v) is 11.2. The highest BCUT2D eigenvalue weighted by atomic mass is 32.2. The van der Waals surface area contributed by atoms with Gasteiger partial charge in [-0.05, 0) is 24.3 Å². The minimum atomic E-state index is -3.89. The highest BCUT2D eigenvalue weighted by Gasteiger charge is 2.15. The van der Waals surface area contributed by atoms with Crippen LogP contribution in [0.4, 0.5) is 17.1 Å². The first kappa shape index (κ1) is 13.9. The maximum Gasteiger partial charge on any atom is 0.240 e. The molecule has 0 saturated carbocycles. The van der Waals surface area contributed by atoms with Crippen molar-refractivity contribution in [1.29, 1.82) is 5.26 Å². The van der Waals surface area contributed by atoms with Crippen LogP contribution in [0.1, 0.15) is 5.56 Å². The molecule has 0 aromatic heterocycles. The number of primary sulfonamides is 1. The molecule has 0 unspecified atom stereocenters. The molecular weight excluding hydrogens is 276 g/mol. The van der Waals surface area contributed by atoms with Crippen LogP contribution < -0.4 is 16.2 Å². The molecule has 0 aliphatic heterocycles. The molecule has 0 aliphatic rings. The largest absolute Gasteiger partial charge is 0.396 e. The normalized spacial score (nSPS) is 10.8. The Labute approximate surface area is 116 Å². The highest BCUT2D eigenvalue weighted by Crippen LogP contribution is 2.29. The van der Waals surface area contributed by atoms with Gasteiger partial charge in [-0.1, -0.05) is 18.2 Å². The van der Waals surface area contributed by atoms with Gasteiger partial charge in [-0.15, -0.1) is 0 Å². The molecular formula is C13H12N4O2S. The molecule has 0 aliphatic carbocycles. The lowest BCUT2D eigenvalue weighted by Gasteiger charge is -2.12. The molecule has 0 saturated heterocycles. The number of hydrogen-bond acceptors (Lipinski definition) is 5. The van der Waals surface area contributed by atoms with Crippen LogP contribution in [0.2, 0.25) is 0 Å². The van der Waals surface area contributed by atoms with Gasteiger partial charge in [0.15, 0.2) is 0 Å². The van der Waals surface area contributed by atoms with Crippen LogP contribution in [0, 0.1) is 11.3 Å². The van der Waals surface area contributed by atoms with Crippen molar-refractivity contribution in [2.75, 3.05) is 11.1 Å². The fraction of sp³-hybridized carbons (Fsp3) is 0. The number of sulfonamides is 1. The Kier molecular flexibility index (Phi) is 3.61. The van der Waals surface area contributed by atoms with E-state index in [1.54, 1.807) is 30.3 Å². The summed E-state index contributed by atoms with van der Waals surface area (Å²) in [4.78, 5) is -0.156. The number of anilines is 3. The lowest BCUT2D eigenvalue weighted by atomic mass is 10.2. The number of hydrogen-bond donors (Lipinski definition) is 3. The molecule has 102 valence electrons. The minimum absolute atomic E-state index is 0.0164. The van der Waals surface area contributed by atoms with E-state index < -0.39 is 10.0 Å². The second kappa shape index (κ2) is 5.21. The van der Waals surface area contributed by atoms with Crippen molar-refractivity contribution in [2.24, 2.45) is 5.14 Å². The van der Waals surface area contributed by atoms with Gasteiger partial charge in [0.05, 0.1) is 22.6 Å². The van der Waals surface area contributed by atoms with Crippen LogP contribution in [0.3, 0.4) is 0 Å². The Morgan fingerprint density at radius 1 is 1.05 bits per heavy atom. The van der Waals surface area contributed by atoms with Gasteiger partial charge >= 0.3 is 0 Å². The van der Waals surface area contributed by atoms with E-state index in [4.69, 9.17) is 16.1 Å². The van der Waals surface area contributed by atoms with Crippen molar-refractivity contribution < 1.29 is 8.42 Å². The molecule has 0 bridgehead atoms. The van der Waals surface area contributed by atoms with E-state index in [0.717, 1.165) is 0 Å². The fourth-order valence-corrected chi connectivity index (χ4v) is 2.42. The second-order valence-corrected chi connectivity index (χ2v) is 5.57. The Hall–Kier alpha value is -2.56. The van der Waals surface area contributed by atoms with Gasteiger partial charge in [0, 0.05) is 0 Å². The number of nitrogens with one attached hydrogen (secondary N) is 1. The molecule has 0 atom stereocenters. The lowest BCUT2D eigenvalue weighted by Crippen LogP contribution is -2.15. The molecule has 0 fully saturated rings. The van der Waals surface area contributed by atoms with Crippen molar-refractivity contribution in [3.8, 4) is 6.07 Å². The van der Waals surface area contributed by atoms with E-state index in [1.807, 2.05) is 6.07 Å². The molecule has 0 radical (unpaired) electrons. The zero-order valence-electron chi connectivity index (χ0n) is 10.4. The summed E-state index contributed by atoms with van der Waals surface area (Å²) in [6.45, 7) is 0. The molecule has 0 amide bonds. The van der Waals surface area contributed by atoms with Gasteiger partial charge in [-0.25, -0.2) is 13.6 Å². The Morgan fingerprint density at radius 3 is 2.35 bits per heavy atom. The molecule has 7 heteroatoms. The molecule has 2 aromatic rings. The molecule has 0 heterocycles. The topological polar surface area (TPSA) is 122 Å². The number of nitrogens with zero attached hydrogens (tertiary/aromatic N) is 1. The predicted octanol–water partition coefficient (Wildman–Crippen LogP) is 1.53. The Balaban J connectivity index is 2.48. The summed E-state index contributed by atoms with van der Waals surface area (Å²) < 4.78 is 22.8. The van der Waals surface area contributed by atoms with Crippen molar-refractivity contribution in [3.05, 3.63) is 48.0 Å². The van der Waals surface area contributed by atoms with Gasteiger partial charge in [0.2, 0.25) is 10.0 Å². The predicted molar refractivity (Wildman–Crippen MR) is 76.7 cm³/mol. The molecule has 5 N–H and O–H groups in total. The van der Waals surface area contributed by atoms with Crippen LogP contribution in [-0.2, 0) is 10.0 Å². The third-order valence-electron chi connectivity index (χ3n) is 2.69. The third-order valence-corrected chi connectivity index (χ3v) is 3.66. The van der Waals surface area contributed by atoms with Crippen molar-refractivity contribution in [3.63, 3.8) is 0 Å². The van der Waals surface area contributed by atoms with Gasteiger partial charge in [0.1, 0.15) is 11.0 Å². The summed E-state index contributed by atoms with van der Waals surface area (Å²) in [5.74, 6) is 0. The van der Waals surface area contributed by atoms with Crippen molar-refractivity contribution >= 4 is 27.1 Å². The summed E-state index contributed by atoms with van der Waals surface area (Å²) in [5, 5.41) is 17.0. The van der Waals surface area contributed by atoms with E-state index in [2.05, 4.69) is 5.32 Å². The average molecular weight is 288 g/mol. The van der Waals surface area contributed by atoms with Gasteiger partial charge in [-0.3, -0.25) is 0 Å². The molecule has 2 aromatic carbocycles. The minimum Gasteiger partial charge on any atom is -0.396 e.